The Kier molecular flexibility index (Phi) is 6.73. The van der Waals surface area contributed by atoms with E-state index in [1.54, 1.807) is 0 Å². The summed E-state index contributed by atoms with van der Waals surface area (Å²) in [6, 6.07) is 51.9. The van der Waals surface area contributed by atoms with E-state index in [1.807, 2.05) is 0 Å². The molecule has 0 saturated carbocycles. The Morgan fingerprint density at radius 1 is 0.250 bits per heavy atom. The first kappa shape index (κ1) is 33.4. The average Bonchev–Trinajstić information content (AvgIpc) is 3.68. The first-order valence-electron chi connectivity index (χ1n) is 20.3. The maximum atomic E-state index is 2.53. The molecule has 0 unspecified atom stereocenters. The molecule has 56 heavy (non-hydrogen) atoms. The van der Waals surface area contributed by atoms with Crippen LogP contribution in [-0.2, 0) is 10.8 Å². The van der Waals surface area contributed by atoms with Gasteiger partial charge in [-0.15, -0.1) is 0 Å². The van der Waals surface area contributed by atoms with Crippen molar-refractivity contribution >= 4 is 86.2 Å². The zero-order valence-corrected chi connectivity index (χ0v) is 33.7. The van der Waals surface area contributed by atoms with Gasteiger partial charge in [-0.1, -0.05) is 151 Å². The summed E-state index contributed by atoms with van der Waals surface area (Å²) in [7, 11) is 0. The maximum Gasteiger partial charge on any atom is -0.00172 e. The average molecular weight is 719 g/mol. The lowest BCUT2D eigenvalue weighted by Gasteiger charge is -2.19. The van der Waals surface area contributed by atoms with Crippen molar-refractivity contribution in [1.29, 1.82) is 0 Å². The van der Waals surface area contributed by atoms with Crippen LogP contribution in [0.2, 0.25) is 0 Å². The maximum absolute atomic E-state index is 2.53. The highest BCUT2D eigenvalue weighted by atomic mass is 14.2. The number of aryl methyl sites for hydroxylation is 2. The SMILES string of the molecule is Cc1ccc2c3ccc(-c4ccc(C(C)(C)C)cc4)cc3c3cc4c5cc6c7cc(-c8ccc(C(C)(C)C)cc8)ccc7c7ccc(C)c(c5ccc4c1c23)c76. The van der Waals surface area contributed by atoms with E-state index in [2.05, 4.69) is 189 Å². The van der Waals surface area contributed by atoms with Crippen LogP contribution in [0.4, 0.5) is 0 Å². The molecule has 11 aromatic rings. The first-order chi connectivity index (χ1) is 26.8. The smallest absolute Gasteiger partial charge is 0.00172 e. The van der Waals surface area contributed by atoms with E-state index in [1.165, 1.54) is 131 Å². The van der Waals surface area contributed by atoms with Crippen molar-refractivity contribution in [2.24, 2.45) is 0 Å². The van der Waals surface area contributed by atoms with E-state index >= 15 is 0 Å². The molecule has 0 radical (unpaired) electrons. The molecule has 0 aromatic heterocycles. The van der Waals surface area contributed by atoms with Crippen LogP contribution < -0.4 is 0 Å². The van der Waals surface area contributed by atoms with Gasteiger partial charge >= 0.3 is 0 Å². The normalized spacial score (nSPS) is 13.0. The van der Waals surface area contributed by atoms with E-state index < -0.39 is 0 Å². The Hall–Kier alpha value is -5.98. The Bertz CT molecular complexity index is 3170. The Balaban J connectivity index is 1.21. The van der Waals surface area contributed by atoms with Crippen LogP contribution in [0.25, 0.3) is 108 Å². The minimum atomic E-state index is 0.128. The molecule has 0 amide bonds. The fourth-order valence-corrected chi connectivity index (χ4v) is 10.0. The molecule has 0 aliphatic heterocycles. The van der Waals surface area contributed by atoms with Gasteiger partial charge in [-0.3, -0.25) is 0 Å². The van der Waals surface area contributed by atoms with Gasteiger partial charge in [-0.2, -0.15) is 0 Å². The summed E-state index contributed by atoms with van der Waals surface area (Å²) in [5.74, 6) is 0. The zero-order chi connectivity index (χ0) is 38.4. The van der Waals surface area contributed by atoms with E-state index in [0.29, 0.717) is 0 Å². The lowest BCUT2D eigenvalue weighted by atomic mass is 9.86. The second-order valence-corrected chi connectivity index (χ2v) is 18.6. The van der Waals surface area contributed by atoms with E-state index in [9.17, 15) is 0 Å². The molecule has 0 spiro atoms. The summed E-state index contributed by atoms with van der Waals surface area (Å²) in [5, 5.41) is 21.6. The van der Waals surface area contributed by atoms with Gasteiger partial charge < -0.3 is 0 Å². The van der Waals surface area contributed by atoms with Gasteiger partial charge in [-0.05, 0) is 180 Å². The molecule has 270 valence electrons. The highest BCUT2D eigenvalue weighted by Crippen LogP contribution is 2.49. The summed E-state index contributed by atoms with van der Waals surface area (Å²) in [6.45, 7) is 18.3. The Labute approximate surface area is 329 Å². The lowest BCUT2D eigenvalue weighted by molar-refractivity contribution is 0.590. The first-order valence-corrected chi connectivity index (χ1v) is 20.3. The van der Waals surface area contributed by atoms with Gasteiger partial charge in [0.1, 0.15) is 0 Å². The molecule has 0 fully saturated rings. The third-order valence-electron chi connectivity index (χ3n) is 13.1. The van der Waals surface area contributed by atoms with Crippen LogP contribution in [0, 0.1) is 13.8 Å². The highest BCUT2D eigenvalue weighted by Gasteiger charge is 2.22. The highest BCUT2D eigenvalue weighted by molar-refractivity contribution is 6.40. The second kappa shape index (κ2) is 11.3. The summed E-state index contributed by atoms with van der Waals surface area (Å²) in [6.07, 6.45) is 0. The molecule has 0 heterocycles. The van der Waals surface area contributed by atoms with Crippen LogP contribution in [0.5, 0.6) is 0 Å². The van der Waals surface area contributed by atoms with Gasteiger partial charge in [0.25, 0.3) is 0 Å². The predicted molar refractivity (Wildman–Crippen MR) is 247 cm³/mol. The predicted octanol–water partition coefficient (Wildman–Crippen LogP) is 16.3. The number of hydrogen-bond acceptors (Lipinski definition) is 0. The van der Waals surface area contributed by atoms with Crippen molar-refractivity contribution in [3.63, 3.8) is 0 Å². The third kappa shape index (κ3) is 4.65. The molecule has 0 aliphatic carbocycles. The van der Waals surface area contributed by atoms with Crippen molar-refractivity contribution in [1.82, 2.24) is 0 Å². The van der Waals surface area contributed by atoms with Crippen molar-refractivity contribution < 1.29 is 0 Å². The van der Waals surface area contributed by atoms with E-state index in [4.69, 9.17) is 0 Å². The largest absolute Gasteiger partial charge is 0.0580 e. The van der Waals surface area contributed by atoms with Gasteiger partial charge in [0, 0.05) is 0 Å². The zero-order valence-electron chi connectivity index (χ0n) is 33.7. The van der Waals surface area contributed by atoms with Crippen LogP contribution in [0.3, 0.4) is 0 Å². The molecular weight excluding hydrogens is 673 g/mol. The summed E-state index contributed by atoms with van der Waals surface area (Å²) < 4.78 is 0. The van der Waals surface area contributed by atoms with Crippen LogP contribution >= 0.6 is 0 Å². The van der Waals surface area contributed by atoms with Crippen LogP contribution in [0.1, 0.15) is 63.8 Å². The summed E-state index contributed by atoms with van der Waals surface area (Å²) in [5.41, 5.74) is 10.7. The summed E-state index contributed by atoms with van der Waals surface area (Å²) in [4.78, 5) is 0. The van der Waals surface area contributed by atoms with Gasteiger partial charge in [0.2, 0.25) is 0 Å². The molecule has 11 aromatic carbocycles. The minimum absolute atomic E-state index is 0.128. The molecule has 0 aliphatic rings. The minimum Gasteiger partial charge on any atom is -0.0580 e. The summed E-state index contributed by atoms with van der Waals surface area (Å²) >= 11 is 0. The molecule has 0 nitrogen and oxygen atoms in total. The molecule has 0 saturated heterocycles. The fourth-order valence-electron chi connectivity index (χ4n) is 10.0. The van der Waals surface area contributed by atoms with Crippen molar-refractivity contribution in [3.05, 3.63) is 156 Å². The van der Waals surface area contributed by atoms with Crippen molar-refractivity contribution in [2.45, 2.75) is 66.2 Å². The number of benzene rings is 9. The van der Waals surface area contributed by atoms with Crippen molar-refractivity contribution in [3.8, 4) is 22.3 Å². The van der Waals surface area contributed by atoms with Gasteiger partial charge in [0.05, 0.1) is 0 Å². The van der Waals surface area contributed by atoms with Gasteiger partial charge in [0.15, 0.2) is 0 Å². The monoisotopic (exact) mass is 718 g/mol. The van der Waals surface area contributed by atoms with E-state index in [-0.39, 0.29) is 10.8 Å². The number of fused-ring (bicyclic) bond motifs is 11. The quantitative estimate of drug-likeness (QED) is 0.156. The van der Waals surface area contributed by atoms with Crippen LogP contribution in [-0.4, -0.2) is 0 Å². The Morgan fingerprint density at radius 2 is 0.554 bits per heavy atom. The molecule has 0 atom stereocenters. The van der Waals surface area contributed by atoms with Gasteiger partial charge in [-0.25, -0.2) is 0 Å². The standard InChI is InChI=1S/C56H46/c1-31-9-21-41-39-23-15-35(33-11-17-37(18-12-33)55(3,4)5)27-45(39)49-29-47-43(51(31)53(41)49)25-26-44-48(47)30-50-46-28-36(34-13-19-38(20-14-34)56(6,7)8)16-24-40(46)42-22-10-32(2)52(44)54(42)50/h9-30H,1-8H3. The lowest BCUT2D eigenvalue weighted by Crippen LogP contribution is -2.10. The molecule has 0 bridgehead atoms. The van der Waals surface area contributed by atoms with Crippen LogP contribution in [0.15, 0.2) is 133 Å². The number of hydrogen-bond donors (Lipinski definition) is 0. The van der Waals surface area contributed by atoms with E-state index in [0.717, 1.165) is 0 Å². The fraction of sp³-hybridized carbons (Fsp3) is 0.179. The van der Waals surface area contributed by atoms with Crippen molar-refractivity contribution in [2.75, 3.05) is 0 Å². The molecular formula is C56H46. The Morgan fingerprint density at radius 3 is 0.929 bits per heavy atom. The topological polar surface area (TPSA) is 0 Å². The second-order valence-electron chi connectivity index (χ2n) is 18.6. The molecule has 11 rings (SSSR count). The number of rotatable bonds is 2. The molecule has 0 heteroatoms. The molecule has 0 N–H and O–H groups in total. The third-order valence-corrected chi connectivity index (χ3v) is 13.1.